The number of carbonyl (C=O) groups is 2. The first-order valence-corrected chi connectivity index (χ1v) is 12.2. The first kappa shape index (κ1) is 25.6. The minimum absolute atomic E-state index is 0.223. The van der Waals surface area contributed by atoms with E-state index in [9.17, 15) is 14.0 Å². The molecule has 0 aliphatic carbocycles. The molecular formula is C27H25FN4O4S. The van der Waals surface area contributed by atoms with Gasteiger partial charge in [-0.1, -0.05) is 24.3 Å². The molecule has 0 bridgehead atoms. The molecule has 0 aliphatic heterocycles. The second-order valence-electron chi connectivity index (χ2n) is 8.02. The topological polar surface area (TPSA) is 105 Å². The highest BCUT2D eigenvalue weighted by atomic mass is 32.1. The van der Waals surface area contributed by atoms with Crippen LogP contribution in [-0.2, 0) is 16.1 Å². The maximum atomic E-state index is 14.0. The van der Waals surface area contributed by atoms with E-state index in [1.807, 2.05) is 41.2 Å². The quantitative estimate of drug-likeness (QED) is 0.277. The Kier molecular flexibility index (Phi) is 7.99. The van der Waals surface area contributed by atoms with Crippen molar-refractivity contribution in [2.24, 2.45) is 0 Å². The van der Waals surface area contributed by atoms with E-state index in [0.29, 0.717) is 23.2 Å². The smallest absolute Gasteiger partial charge is 0.350 e. The molecule has 0 unspecified atom stereocenters. The molecule has 1 amide bonds. The van der Waals surface area contributed by atoms with Crippen LogP contribution in [0, 0.1) is 11.2 Å². The van der Waals surface area contributed by atoms with Crippen LogP contribution >= 0.6 is 11.3 Å². The lowest BCUT2D eigenvalue weighted by molar-refractivity contribution is -0.118. The number of halogens is 1. The number of hydrogen-bond acceptors (Lipinski definition) is 7. The van der Waals surface area contributed by atoms with Crippen LogP contribution in [0.5, 0.6) is 5.75 Å². The van der Waals surface area contributed by atoms with Crippen molar-refractivity contribution in [3.05, 3.63) is 94.0 Å². The summed E-state index contributed by atoms with van der Waals surface area (Å²) in [5, 5.41) is 15.6. The summed E-state index contributed by atoms with van der Waals surface area (Å²) < 4.78 is 26.4. The zero-order valence-corrected chi connectivity index (χ0v) is 21.0. The first-order chi connectivity index (χ1) is 17.9. The molecule has 37 heavy (non-hydrogen) atoms. The van der Waals surface area contributed by atoms with Crippen molar-refractivity contribution in [3.8, 4) is 16.9 Å². The highest BCUT2D eigenvalue weighted by Gasteiger charge is 2.16. The summed E-state index contributed by atoms with van der Waals surface area (Å²) >= 11 is 1.15. The highest BCUT2D eigenvalue weighted by molar-refractivity contribution is 7.12. The summed E-state index contributed by atoms with van der Waals surface area (Å²) in [5.74, 6) is -1.31. The minimum atomic E-state index is -0.545. The van der Waals surface area contributed by atoms with Crippen LogP contribution in [0.15, 0.2) is 72.4 Å². The number of anilines is 2. The Hall–Kier alpha value is -4.44. The average Bonchev–Trinajstić information content (AvgIpc) is 3.36. The van der Waals surface area contributed by atoms with Crippen LogP contribution in [0.3, 0.4) is 0 Å². The molecule has 0 fully saturated rings. The SMILES string of the molecule is CNc1cn(Cc2ccc(-c3ccc(F)cc3OCC(=O)Nc3ccsc3C(=O)OC)cc2)ccc1=N. The van der Waals surface area contributed by atoms with Crippen molar-refractivity contribution in [3.63, 3.8) is 0 Å². The van der Waals surface area contributed by atoms with E-state index in [4.69, 9.17) is 14.9 Å². The Bertz CT molecular complexity index is 1480. The number of methoxy groups -OCH3 is 1. The van der Waals surface area contributed by atoms with Crippen molar-refractivity contribution in [2.75, 3.05) is 31.4 Å². The van der Waals surface area contributed by atoms with Gasteiger partial charge in [-0.2, -0.15) is 0 Å². The number of thiophene rings is 1. The normalized spacial score (nSPS) is 10.6. The van der Waals surface area contributed by atoms with Gasteiger partial charge in [0, 0.05) is 37.6 Å². The Balaban J connectivity index is 1.46. The first-order valence-electron chi connectivity index (χ1n) is 11.3. The number of rotatable bonds is 9. The average molecular weight is 521 g/mol. The molecule has 0 saturated heterocycles. The van der Waals surface area contributed by atoms with Gasteiger partial charge in [-0.05, 0) is 40.8 Å². The lowest BCUT2D eigenvalue weighted by Gasteiger charge is -2.13. The van der Waals surface area contributed by atoms with Crippen LogP contribution in [0.25, 0.3) is 11.1 Å². The van der Waals surface area contributed by atoms with E-state index < -0.39 is 17.7 Å². The second-order valence-corrected chi connectivity index (χ2v) is 8.94. The van der Waals surface area contributed by atoms with Gasteiger partial charge in [-0.3, -0.25) is 10.2 Å². The molecule has 0 radical (unpaired) electrons. The van der Waals surface area contributed by atoms with Crippen LogP contribution in [-0.4, -0.2) is 37.2 Å². The molecule has 2 aromatic carbocycles. The summed E-state index contributed by atoms with van der Waals surface area (Å²) in [6.07, 6.45) is 3.72. The number of nitrogens with one attached hydrogen (secondary N) is 3. The van der Waals surface area contributed by atoms with Gasteiger partial charge in [0.1, 0.15) is 16.4 Å². The van der Waals surface area contributed by atoms with Crippen molar-refractivity contribution in [2.45, 2.75) is 6.54 Å². The molecule has 8 nitrogen and oxygen atoms in total. The van der Waals surface area contributed by atoms with Crippen LogP contribution in [0.4, 0.5) is 15.8 Å². The van der Waals surface area contributed by atoms with Gasteiger partial charge in [0.05, 0.1) is 23.8 Å². The number of benzene rings is 2. The number of carbonyl (C=O) groups excluding carboxylic acids is 2. The van der Waals surface area contributed by atoms with Crippen molar-refractivity contribution in [1.82, 2.24) is 4.57 Å². The fraction of sp³-hybridized carbons (Fsp3) is 0.148. The molecule has 0 atom stereocenters. The van der Waals surface area contributed by atoms with Gasteiger partial charge in [-0.25, -0.2) is 9.18 Å². The summed E-state index contributed by atoms with van der Waals surface area (Å²) in [7, 11) is 3.04. The number of esters is 1. The third-order valence-electron chi connectivity index (χ3n) is 5.53. The third-order valence-corrected chi connectivity index (χ3v) is 6.42. The monoisotopic (exact) mass is 520 g/mol. The Morgan fingerprint density at radius 2 is 1.86 bits per heavy atom. The third kappa shape index (κ3) is 6.22. The number of nitrogens with zero attached hydrogens (tertiary/aromatic N) is 1. The Morgan fingerprint density at radius 1 is 1.08 bits per heavy atom. The number of aromatic nitrogens is 1. The number of hydrogen-bond donors (Lipinski definition) is 3. The number of ether oxygens (including phenoxy) is 2. The van der Waals surface area contributed by atoms with Crippen molar-refractivity contribution < 1.29 is 23.5 Å². The summed E-state index contributed by atoms with van der Waals surface area (Å²) in [6.45, 7) is 0.236. The van der Waals surface area contributed by atoms with Gasteiger partial charge < -0.3 is 24.7 Å². The maximum Gasteiger partial charge on any atom is 0.350 e. The van der Waals surface area contributed by atoms with Crippen molar-refractivity contribution >= 4 is 34.6 Å². The molecular weight excluding hydrogens is 495 g/mol. The van der Waals surface area contributed by atoms with Gasteiger partial charge in [0.15, 0.2) is 6.61 Å². The van der Waals surface area contributed by atoms with Gasteiger partial charge in [0.25, 0.3) is 5.91 Å². The highest BCUT2D eigenvalue weighted by Crippen LogP contribution is 2.31. The Labute approximate surface area is 216 Å². The van der Waals surface area contributed by atoms with E-state index in [0.717, 1.165) is 28.2 Å². The number of pyridine rings is 1. The molecule has 3 N–H and O–H groups in total. The van der Waals surface area contributed by atoms with E-state index in [-0.39, 0.29) is 17.2 Å². The molecule has 4 rings (SSSR count). The fourth-order valence-electron chi connectivity index (χ4n) is 3.68. The van der Waals surface area contributed by atoms with Crippen LogP contribution in [0.2, 0.25) is 0 Å². The minimum Gasteiger partial charge on any atom is -0.483 e. The van der Waals surface area contributed by atoms with E-state index in [2.05, 4.69) is 10.6 Å². The lowest BCUT2D eigenvalue weighted by Crippen LogP contribution is -2.21. The molecule has 0 aliphatic rings. The van der Waals surface area contributed by atoms with E-state index in [1.54, 1.807) is 30.6 Å². The molecule has 190 valence electrons. The molecule has 2 heterocycles. The maximum absolute atomic E-state index is 14.0. The van der Waals surface area contributed by atoms with Crippen LogP contribution < -0.4 is 20.7 Å². The zero-order valence-electron chi connectivity index (χ0n) is 20.2. The fourth-order valence-corrected chi connectivity index (χ4v) is 4.44. The zero-order chi connectivity index (χ0) is 26.4. The Morgan fingerprint density at radius 3 is 2.59 bits per heavy atom. The summed E-state index contributed by atoms with van der Waals surface area (Å²) in [4.78, 5) is 24.6. The van der Waals surface area contributed by atoms with Gasteiger partial charge >= 0.3 is 5.97 Å². The molecule has 4 aromatic rings. The number of amides is 1. The predicted molar refractivity (Wildman–Crippen MR) is 141 cm³/mol. The summed E-state index contributed by atoms with van der Waals surface area (Å²) in [6, 6.07) is 15.2. The second kappa shape index (κ2) is 11.5. The van der Waals surface area contributed by atoms with E-state index in [1.165, 1.54) is 19.2 Å². The molecule has 0 saturated carbocycles. The molecule has 2 aromatic heterocycles. The van der Waals surface area contributed by atoms with Crippen molar-refractivity contribution in [1.29, 1.82) is 5.41 Å². The summed E-state index contributed by atoms with van der Waals surface area (Å²) in [5.41, 5.74) is 3.53. The predicted octanol–water partition coefficient (Wildman–Crippen LogP) is 4.73. The van der Waals surface area contributed by atoms with E-state index >= 15 is 0 Å². The lowest BCUT2D eigenvalue weighted by atomic mass is 10.0. The van der Waals surface area contributed by atoms with Crippen LogP contribution in [0.1, 0.15) is 15.2 Å². The standard InChI is InChI=1S/C27H25FN4O4S/c1-30-23-15-32(11-9-21(23)29)14-17-3-5-18(6-4-17)20-8-7-19(28)13-24(20)36-16-25(33)31-22-10-12-37-26(22)27(34)35-2/h3-13,15,29-30H,14,16H2,1-2H3,(H,31,33). The molecule has 0 spiro atoms. The largest absolute Gasteiger partial charge is 0.483 e. The molecule has 10 heteroatoms. The van der Waals surface area contributed by atoms with Gasteiger partial charge in [0.2, 0.25) is 0 Å². The van der Waals surface area contributed by atoms with Gasteiger partial charge in [-0.15, -0.1) is 11.3 Å².